The highest BCUT2D eigenvalue weighted by Gasteiger charge is 2.26. The van der Waals surface area contributed by atoms with Gasteiger partial charge in [-0.05, 0) is 30.9 Å². The van der Waals surface area contributed by atoms with Crippen LogP contribution >= 0.6 is 0 Å². The Hall–Kier alpha value is -2.73. The summed E-state index contributed by atoms with van der Waals surface area (Å²) >= 11 is 0. The standard InChI is InChI=1S/C19H20N2O4/c22-13-14-5-4-10-20(12-14)17-9-8-16(11-18(17)21(24)25)19(23)15-6-2-1-3-7-15/h1-3,6-9,11,14,22H,4-5,10,12-13H2. The van der Waals surface area contributed by atoms with Gasteiger partial charge < -0.3 is 10.0 Å². The number of aliphatic hydroxyl groups excluding tert-OH is 1. The lowest BCUT2D eigenvalue weighted by atomic mass is 9.97. The molecule has 1 saturated heterocycles. The Balaban J connectivity index is 1.93. The van der Waals surface area contributed by atoms with Gasteiger partial charge in [0.25, 0.3) is 5.69 Å². The van der Waals surface area contributed by atoms with Gasteiger partial charge in [-0.3, -0.25) is 14.9 Å². The van der Waals surface area contributed by atoms with E-state index in [0.717, 1.165) is 12.8 Å². The summed E-state index contributed by atoms with van der Waals surface area (Å²) in [6.07, 6.45) is 1.80. The van der Waals surface area contributed by atoms with Crippen molar-refractivity contribution in [1.82, 2.24) is 0 Å². The minimum atomic E-state index is -0.445. The molecular formula is C19H20N2O4. The third-order valence-electron chi connectivity index (χ3n) is 4.59. The molecule has 1 fully saturated rings. The van der Waals surface area contributed by atoms with Gasteiger partial charge in [0.2, 0.25) is 0 Å². The lowest BCUT2D eigenvalue weighted by Gasteiger charge is -2.33. The van der Waals surface area contributed by atoms with Crippen LogP contribution in [0.5, 0.6) is 0 Å². The van der Waals surface area contributed by atoms with Crippen LogP contribution in [0.25, 0.3) is 0 Å². The van der Waals surface area contributed by atoms with E-state index in [0.29, 0.717) is 29.9 Å². The number of nitro groups is 1. The molecule has 6 heteroatoms. The number of benzene rings is 2. The minimum Gasteiger partial charge on any atom is -0.396 e. The molecule has 3 rings (SSSR count). The number of carbonyl (C=O) groups excluding carboxylic acids is 1. The molecule has 6 nitrogen and oxygen atoms in total. The molecular weight excluding hydrogens is 320 g/mol. The molecule has 1 heterocycles. The van der Waals surface area contributed by atoms with E-state index in [1.165, 1.54) is 6.07 Å². The van der Waals surface area contributed by atoms with Gasteiger partial charge in [0, 0.05) is 36.9 Å². The van der Waals surface area contributed by atoms with Gasteiger partial charge in [-0.1, -0.05) is 30.3 Å². The second-order valence-corrected chi connectivity index (χ2v) is 6.29. The smallest absolute Gasteiger partial charge is 0.293 e. The van der Waals surface area contributed by atoms with Crippen LogP contribution in [0, 0.1) is 16.0 Å². The molecule has 130 valence electrons. The lowest BCUT2D eigenvalue weighted by molar-refractivity contribution is -0.384. The molecule has 0 amide bonds. The number of carbonyl (C=O) groups is 1. The highest BCUT2D eigenvalue weighted by Crippen LogP contribution is 2.33. The Labute approximate surface area is 145 Å². The van der Waals surface area contributed by atoms with E-state index in [4.69, 9.17) is 0 Å². The molecule has 0 aliphatic carbocycles. The van der Waals surface area contributed by atoms with Crippen molar-refractivity contribution in [2.75, 3.05) is 24.6 Å². The predicted molar refractivity (Wildman–Crippen MR) is 95.0 cm³/mol. The predicted octanol–water partition coefficient (Wildman–Crippen LogP) is 3.03. The van der Waals surface area contributed by atoms with Crippen LogP contribution in [0.15, 0.2) is 48.5 Å². The summed E-state index contributed by atoms with van der Waals surface area (Å²) in [5, 5.41) is 20.9. The number of hydrogen-bond donors (Lipinski definition) is 1. The van der Waals surface area contributed by atoms with Crippen LogP contribution < -0.4 is 4.90 Å². The van der Waals surface area contributed by atoms with Crippen molar-refractivity contribution in [3.05, 3.63) is 69.8 Å². The number of aliphatic hydroxyl groups is 1. The number of piperidine rings is 1. The maximum absolute atomic E-state index is 12.5. The van der Waals surface area contributed by atoms with Crippen LogP contribution in [0.4, 0.5) is 11.4 Å². The monoisotopic (exact) mass is 340 g/mol. The highest BCUT2D eigenvalue weighted by atomic mass is 16.6. The Bertz CT molecular complexity index is 776. The average Bonchev–Trinajstić information content (AvgIpc) is 2.67. The molecule has 0 radical (unpaired) electrons. The van der Waals surface area contributed by atoms with E-state index in [2.05, 4.69) is 0 Å². The fraction of sp³-hybridized carbons (Fsp3) is 0.316. The van der Waals surface area contributed by atoms with Gasteiger partial charge in [0.1, 0.15) is 5.69 Å². The van der Waals surface area contributed by atoms with Gasteiger partial charge >= 0.3 is 0 Å². The second-order valence-electron chi connectivity index (χ2n) is 6.29. The maximum atomic E-state index is 12.5. The molecule has 0 spiro atoms. The molecule has 1 aliphatic heterocycles. The Kier molecular flexibility index (Phi) is 5.09. The van der Waals surface area contributed by atoms with E-state index in [9.17, 15) is 20.0 Å². The third-order valence-corrected chi connectivity index (χ3v) is 4.59. The molecule has 1 unspecified atom stereocenters. The molecule has 0 saturated carbocycles. The molecule has 0 aromatic heterocycles. The number of ketones is 1. The van der Waals surface area contributed by atoms with Gasteiger partial charge in [-0.15, -0.1) is 0 Å². The van der Waals surface area contributed by atoms with Crippen molar-refractivity contribution in [2.45, 2.75) is 12.8 Å². The zero-order valence-electron chi connectivity index (χ0n) is 13.8. The van der Waals surface area contributed by atoms with E-state index < -0.39 is 4.92 Å². The van der Waals surface area contributed by atoms with Crippen molar-refractivity contribution in [3.8, 4) is 0 Å². The number of nitrogens with zero attached hydrogens (tertiary/aromatic N) is 2. The van der Waals surface area contributed by atoms with Crippen molar-refractivity contribution in [3.63, 3.8) is 0 Å². The van der Waals surface area contributed by atoms with E-state index >= 15 is 0 Å². The fourth-order valence-electron chi connectivity index (χ4n) is 3.27. The summed E-state index contributed by atoms with van der Waals surface area (Å²) < 4.78 is 0. The minimum absolute atomic E-state index is 0.0691. The van der Waals surface area contributed by atoms with Crippen molar-refractivity contribution in [2.24, 2.45) is 5.92 Å². The van der Waals surface area contributed by atoms with Crippen LogP contribution in [0.1, 0.15) is 28.8 Å². The lowest BCUT2D eigenvalue weighted by Crippen LogP contribution is -2.37. The van der Waals surface area contributed by atoms with Gasteiger partial charge in [0.05, 0.1) is 4.92 Å². The second kappa shape index (κ2) is 7.44. The quantitative estimate of drug-likeness (QED) is 0.514. The van der Waals surface area contributed by atoms with Crippen molar-refractivity contribution in [1.29, 1.82) is 0 Å². The van der Waals surface area contributed by atoms with Gasteiger partial charge in [0.15, 0.2) is 5.78 Å². The highest BCUT2D eigenvalue weighted by molar-refractivity contribution is 6.09. The van der Waals surface area contributed by atoms with Crippen LogP contribution in [0.2, 0.25) is 0 Å². The van der Waals surface area contributed by atoms with E-state index in [1.807, 2.05) is 11.0 Å². The van der Waals surface area contributed by atoms with E-state index in [1.54, 1.807) is 36.4 Å². The molecule has 0 bridgehead atoms. The Morgan fingerprint density at radius 1 is 1.20 bits per heavy atom. The van der Waals surface area contributed by atoms with Crippen molar-refractivity contribution < 1.29 is 14.8 Å². The first-order valence-electron chi connectivity index (χ1n) is 8.34. The van der Waals surface area contributed by atoms with Crippen molar-refractivity contribution >= 4 is 17.2 Å². The maximum Gasteiger partial charge on any atom is 0.293 e. The molecule has 2 aromatic carbocycles. The summed E-state index contributed by atoms with van der Waals surface area (Å²) in [4.78, 5) is 25.6. The molecule has 2 aromatic rings. The first kappa shape index (κ1) is 17.1. The first-order valence-corrected chi connectivity index (χ1v) is 8.34. The van der Waals surface area contributed by atoms with Gasteiger partial charge in [-0.2, -0.15) is 0 Å². The largest absolute Gasteiger partial charge is 0.396 e. The normalized spacial score (nSPS) is 17.3. The van der Waals surface area contributed by atoms with Crippen LogP contribution in [-0.4, -0.2) is 35.5 Å². The molecule has 1 atom stereocenters. The number of anilines is 1. The zero-order valence-corrected chi connectivity index (χ0v) is 13.8. The SMILES string of the molecule is O=C(c1ccccc1)c1ccc(N2CCCC(CO)C2)c([N+](=O)[O-])c1. The molecule has 25 heavy (non-hydrogen) atoms. The first-order chi connectivity index (χ1) is 12.1. The van der Waals surface area contributed by atoms with E-state index in [-0.39, 0.29) is 24.0 Å². The summed E-state index contributed by atoms with van der Waals surface area (Å²) in [6.45, 7) is 1.38. The summed E-state index contributed by atoms with van der Waals surface area (Å²) in [5.74, 6) is -0.110. The topological polar surface area (TPSA) is 83.7 Å². The fourth-order valence-corrected chi connectivity index (χ4v) is 3.27. The third kappa shape index (κ3) is 3.69. The summed E-state index contributed by atoms with van der Waals surface area (Å²) in [6, 6.07) is 13.4. The molecule has 1 aliphatic rings. The Morgan fingerprint density at radius 3 is 2.64 bits per heavy atom. The number of hydrogen-bond acceptors (Lipinski definition) is 5. The number of nitro benzene ring substituents is 1. The average molecular weight is 340 g/mol. The molecule has 1 N–H and O–H groups in total. The summed E-state index contributed by atoms with van der Waals surface area (Å²) in [7, 11) is 0. The van der Waals surface area contributed by atoms with Crippen LogP contribution in [-0.2, 0) is 0 Å². The zero-order chi connectivity index (χ0) is 17.8. The Morgan fingerprint density at radius 2 is 1.96 bits per heavy atom. The van der Waals surface area contributed by atoms with Crippen LogP contribution in [0.3, 0.4) is 0 Å². The number of rotatable bonds is 5. The summed E-state index contributed by atoms with van der Waals surface area (Å²) in [5.41, 5.74) is 1.24. The van der Waals surface area contributed by atoms with Gasteiger partial charge in [-0.25, -0.2) is 0 Å².